The normalized spacial score (nSPS) is 15.5. The first kappa shape index (κ1) is 14.5. The molecule has 3 heteroatoms. The van der Waals surface area contributed by atoms with Crippen LogP contribution in [0.2, 0.25) is 0 Å². The highest BCUT2D eigenvalue weighted by atomic mass is 16.3. The highest BCUT2D eigenvalue weighted by molar-refractivity contribution is 5.86. The summed E-state index contributed by atoms with van der Waals surface area (Å²) in [5.41, 5.74) is 0.823. The monoisotopic (exact) mass is 247 g/mol. The third-order valence-electron chi connectivity index (χ3n) is 3.05. The zero-order valence-corrected chi connectivity index (χ0v) is 11.0. The minimum Gasteiger partial charge on any atom is -0.393 e. The van der Waals surface area contributed by atoms with E-state index in [1.165, 1.54) is 6.08 Å². The lowest BCUT2D eigenvalue weighted by molar-refractivity contribution is -0.116. The van der Waals surface area contributed by atoms with Gasteiger partial charge in [-0.25, -0.2) is 0 Å². The van der Waals surface area contributed by atoms with Gasteiger partial charge in [0, 0.05) is 12.0 Å². The van der Waals surface area contributed by atoms with Crippen LogP contribution in [-0.4, -0.2) is 23.7 Å². The van der Waals surface area contributed by atoms with Crippen molar-refractivity contribution in [1.82, 2.24) is 5.32 Å². The van der Waals surface area contributed by atoms with E-state index in [0.29, 0.717) is 13.0 Å². The van der Waals surface area contributed by atoms with Crippen molar-refractivity contribution in [2.45, 2.75) is 31.8 Å². The van der Waals surface area contributed by atoms with Crippen molar-refractivity contribution in [3.8, 4) is 0 Å². The molecule has 0 aliphatic rings. The summed E-state index contributed by atoms with van der Waals surface area (Å²) in [5, 5.41) is 12.4. The van der Waals surface area contributed by atoms with E-state index in [1.54, 1.807) is 6.92 Å². The van der Waals surface area contributed by atoms with Crippen molar-refractivity contribution in [1.29, 1.82) is 0 Å². The number of aliphatic hydroxyl groups excluding tert-OH is 1. The van der Waals surface area contributed by atoms with Crippen molar-refractivity contribution < 1.29 is 9.90 Å². The fourth-order valence-corrected chi connectivity index (χ4v) is 2.14. The summed E-state index contributed by atoms with van der Waals surface area (Å²) in [4.78, 5) is 11.3. The van der Waals surface area contributed by atoms with E-state index >= 15 is 0 Å². The number of benzene rings is 1. The number of aliphatic hydroxyl groups is 1. The standard InChI is InChI=1S/C15H21NO2/c1-4-14(18)16-11-15(3,10-12(2)17)13-8-6-5-7-9-13/h4-9,12,17H,1,10-11H2,2-3H3,(H,16,18). The Hall–Kier alpha value is -1.61. The quantitative estimate of drug-likeness (QED) is 0.756. The first-order valence-corrected chi connectivity index (χ1v) is 6.12. The molecule has 2 atom stereocenters. The second kappa shape index (κ2) is 6.36. The van der Waals surface area contributed by atoms with E-state index in [-0.39, 0.29) is 11.3 Å². The van der Waals surface area contributed by atoms with Gasteiger partial charge in [0.25, 0.3) is 0 Å². The Morgan fingerprint density at radius 2 is 2.11 bits per heavy atom. The molecule has 98 valence electrons. The first-order valence-electron chi connectivity index (χ1n) is 6.12. The lowest BCUT2D eigenvalue weighted by Gasteiger charge is -2.31. The van der Waals surface area contributed by atoms with Crippen LogP contribution in [0.5, 0.6) is 0 Å². The second-order valence-electron chi connectivity index (χ2n) is 4.90. The van der Waals surface area contributed by atoms with Crippen LogP contribution in [-0.2, 0) is 10.2 Å². The van der Waals surface area contributed by atoms with E-state index in [0.717, 1.165) is 5.56 Å². The highest BCUT2D eigenvalue weighted by Gasteiger charge is 2.28. The van der Waals surface area contributed by atoms with Gasteiger partial charge in [-0.2, -0.15) is 0 Å². The zero-order chi connectivity index (χ0) is 13.6. The number of carbonyl (C=O) groups excluding carboxylic acids is 1. The number of amides is 1. The molecule has 2 unspecified atom stereocenters. The summed E-state index contributed by atoms with van der Waals surface area (Å²) in [5.74, 6) is -0.192. The Balaban J connectivity index is 2.88. The van der Waals surface area contributed by atoms with Crippen LogP contribution in [0.4, 0.5) is 0 Å². The topological polar surface area (TPSA) is 49.3 Å². The lowest BCUT2D eigenvalue weighted by Crippen LogP contribution is -2.40. The van der Waals surface area contributed by atoms with E-state index < -0.39 is 6.10 Å². The summed E-state index contributed by atoms with van der Waals surface area (Å²) in [6, 6.07) is 9.91. The lowest BCUT2D eigenvalue weighted by atomic mass is 9.78. The third-order valence-corrected chi connectivity index (χ3v) is 3.05. The van der Waals surface area contributed by atoms with Crippen LogP contribution in [0.25, 0.3) is 0 Å². The molecule has 1 amide bonds. The van der Waals surface area contributed by atoms with Crippen molar-refractivity contribution in [3.63, 3.8) is 0 Å². The van der Waals surface area contributed by atoms with E-state index in [9.17, 15) is 9.90 Å². The van der Waals surface area contributed by atoms with Crippen molar-refractivity contribution in [2.75, 3.05) is 6.54 Å². The van der Waals surface area contributed by atoms with Crippen molar-refractivity contribution in [3.05, 3.63) is 48.6 Å². The Labute approximate surface area is 109 Å². The van der Waals surface area contributed by atoms with Crippen molar-refractivity contribution in [2.24, 2.45) is 0 Å². The van der Waals surface area contributed by atoms with Crippen LogP contribution < -0.4 is 5.32 Å². The maximum atomic E-state index is 11.3. The average Bonchev–Trinajstić information content (AvgIpc) is 2.36. The SMILES string of the molecule is C=CC(=O)NCC(C)(CC(C)O)c1ccccc1. The Morgan fingerprint density at radius 3 is 2.61 bits per heavy atom. The van der Waals surface area contributed by atoms with Gasteiger partial charge in [0.15, 0.2) is 0 Å². The van der Waals surface area contributed by atoms with E-state index in [4.69, 9.17) is 0 Å². The molecule has 0 aliphatic heterocycles. The van der Waals surface area contributed by atoms with Gasteiger partial charge in [0.1, 0.15) is 0 Å². The van der Waals surface area contributed by atoms with Crippen LogP contribution in [0.3, 0.4) is 0 Å². The minimum absolute atomic E-state index is 0.192. The molecule has 0 aliphatic carbocycles. The number of nitrogens with one attached hydrogen (secondary N) is 1. The molecule has 3 nitrogen and oxygen atoms in total. The van der Waals surface area contributed by atoms with E-state index in [1.807, 2.05) is 37.3 Å². The van der Waals surface area contributed by atoms with Gasteiger partial charge in [-0.1, -0.05) is 43.8 Å². The number of carbonyl (C=O) groups is 1. The third kappa shape index (κ3) is 4.00. The largest absolute Gasteiger partial charge is 0.393 e. The molecule has 0 fully saturated rings. The number of hydrogen-bond donors (Lipinski definition) is 2. The highest BCUT2D eigenvalue weighted by Crippen LogP contribution is 2.28. The number of rotatable bonds is 6. The maximum Gasteiger partial charge on any atom is 0.243 e. The second-order valence-corrected chi connectivity index (χ2v) is 4.90. The molecule has 1 aromatic carbocycles. The molecule has 2 N–H and O–H groups in total. The van der Waals surface area contributed by atoms with Crippen molar-refractivity contribution >= 4 is 5.91 Å². The van der Waals surface area contributed by atoms with E-state index in [2.05, 4.69) is 11.9 Å². The van der Waals surface area contributed by atoms with Gasteiger partial charge < -0.3 is 10.4 Å². The molecule has 0 saturated heterocycles. The van der Waals surface area contributed by atoms with Gasteiger partial charge >= 0.3 is 0 Å². The van der Waals surface area contributed by atoms with Gasteiger partial charge in [-0.15, -0.1) is 0 Å². The molecule has 0 radical (unpaired) electrons. The molecular weight excluding hydrogens is 226 g/mol. The fraction of sp³-hybridized carbons (Fsp3) is 0.400. The zero-order valence-electron chi connectivity index (χ0n) is 11.0. The molecule has 18 heavy (non-hydrogen) atoms. The predicted octanol–water partition coefficient (Wildman–Crippen LogP) is 2.02. The predicted molar refractivity (Wildman–Crippen MR) is 73.3 cm³/mol. The molecule has 1 aromatic rings. The molecular formula is C15H21NO2. The van der Waals surface area contributed by atoms with Crippen LogP contribution >= 0.6 is 0 Å². The summed E-state index contributed by atoms with van der Waals surface area (Å²) >= 11 is 0. The maximum absolute atomic E-state index is 11.3. The van der Waals surface area contributed by atoms with Gasteiger partial charge in [-0.05, 0) is 25.0 Å². The summed E-state index contributed by atoms with van der Waals surface area (Å²) < 4.78 is 0. The molecule has 0 spiro atoms. The molecule has 0 aromatic heterocycles. The van der Waals surface area contributed by atoms with Crippen LogP contribution in [0, 0.1) is 0 Å². The minimum atomic E-state index is -0.421. The molecule has 0 saturated carbocycles. The van der Waals surface area contributed by atoms with Gasteiger partial charge in [0.2, 0.25) is 5.91 Å². The van der Waals surface area contributed by atoms with Gasteiger partial charge in [-0.3, -0.25) is 4.79 Å². The molecule has 0 bridgehead atoms. The first-order chi connectivity index (χ1) is 8.48. The smallest absolute Gasteiger partial charge is 0.243 e. The fourth-order valence-electron chi connectivity index (χ4n) is 2.14. The summed E-state index contributed by atoms with van der Waals surface area (Å²) in [6.07, 6.45) is 1.43. The number of hydrogen-bond acceptors (Lipinski definition) is 2. The molecule has 0 heterocycles. The van der Waals surface area contributed by atoms with Crippen LogP contribution in [0.1, 0.15) is 25.8 Å². The van der Waals surface area contributed by atoms with Gasteiger partial charge in [0.05, 0.1) is 6.10 Å². The molecule has 1 rings (SSSR count). The Kier molecular flexibility index (Phi) is 5.10. The summed E-state index contributed by atoms with van der Waals surface area (Å²) in [6.45, 7) is 7.71. The Bertz CT molecular complexity index is 400. The van der Waals surface area contributed by atoms with Crippen LogP contribution in [0.15, 0.2) is 43.0 Å². The Morgan fingerprint density at radius 1 is 1.50 bits per heavy atom. The average molecular weight is 247 g/mol. The summed E-state index contributed by atoms with van der Waals surface area (Å²) in [7, 11) is 0.